The van der Waals surface area contributed by atoms with Crippen LogP contribution in [-0.4, -0.2) is 40.3 Å². The molecule has 0 aromatic heterocycles. The van der Waals surface area contributed by atoms with E-state index in [1.165, 1.54) is 36.4 Å². The fourth-order valence-corrected chi connectivity index (χ4v) is 3.79. The summed E-state index contributed by atoms with van der Waals surface area (Å²) in [5, 5.41) is 38.9. The van der Waals surface area contributed by atoms with Gasteiger partial charge < -0.3 is 31.9 Å². The molecule has 0 saturated heterocycles. The molecule has 2 unspecified atom stereocenters. The molecular formula is C16H20N2O6S. The number of anilines is 2. The van der Waals surface area contributed by atoms with E-state index in [0.717, 1.165) is 0 Å². The minimum atomic E-state index is -3.83. The second kappa shape index (κ2) is 7.18. The molecule has 8 N–H and O–H groups in total. The van der Waals surface area contributed by atoms with Crippen molar-refractivity contribution in [3.63, 3.8) is 0 Å². The van der Waals surface area contributed by atoms with E-state index in [1.807, 2.05) is 0 Å². The van der Waals surface area contributed by atoms with Gasteiger partial charge in [-0.05, 0) is 35.4 Å². The van der Waals surface area contributed by atoms with Gasteiger partial charge in [0.25, 0.3) is 0 Å². The molecule has 0 aliphatic carbocycles. The molecule has 0 aliphatic heterocycles. The number of aliphatic hydroxyl groups excluding tert-OH is 2. The van der Waals surface area contributed by atoms with E-state index in [0.29, 0.717) is 0 Å². The van der Waals surface area contributed by atoms with E-state index in [4.69, 9.17) is 11.5 Å². The first kappa shape index (κ1) is 18.8. The molecule has 0 fully saturated rings. The van der Waals surface area contributed by atoms with Crippen molar-refractivity contribution in [3.8, 4) is 11.5 Å². The number of hydrogen-bond acceptors (Lipinski definition) is 8. The van der Waals surface area contributed by atoms with Gasteiger partial charge in [0.15, 0.2) is 9.84 Å². The lowest BCUT2D eigenvalue weighted by atomic mass is 10.1. The maximum absolute atomic E-state index is 12.2. The minimum absolute atomic E-state index is 0.0218. The van der Waals surface area contributed by atoms with Gasteiger partial charge in [-0.1, -0.05) is 12.1 Å². The summed E-state index contributed by atoms with van der Waals surface area (Å²) in [5.41, 5.74) is 11.6. The number of hydrogen-bond donors (Lipinski definition) is 6. The Morgan fingerprint density at radius 3 is 1.48 bits per heavy atom. The second-order valence-corrected chi connectivity index (χ2v) is 7.90. The standard InChI is InChI=1S/C16H20N2O6S/c17-11-5-9(1-3-13(11)19)15(21)7-25(23,24)8-16(22)10-2-4-14(20)12(18)6-10/h1-6,15-16,19-22H,7-8,17-18H2. The van der Waals surface area contributed by atoms with Gasteiger partial charge in [0, 0.05) is 0 Å². The van der Waals surface area contributed by atoms with Crippen LogP contribution in [0.25, 0.3) is 0 Å². The molecule has 2 atom stereocenters. The number of aliphatic hydroxyl groups is 2. The smallest absolute Gasteiger partial charge is 0.156 e. The molecule has 0 amide bonds. The summed E-state index contributed by atoms with van der Waals surface area (Å²) in [5.74, 6) is -1.58. The molecule has 0 heterocycles. The molecule has 2 aromatic rings. The first-order chi connectivity index (χ1) is 11.6. The third-order valence-corrected chi connectivity index (χ3v) is 5.34. The van der Waals surface area contributed by atoms with Crippen molar-refractivity contribution >= 4 is 21.2 Å². The highest BCUT2D eigenvalue weighted by Crippen LogP contribution is 2.27. The molecule has 136 valence electrons. The summed E-state index contributed by atoms with van der Waals surface area (Å²) in [6.45, 7) is 0. The number of rotatable bonds is 6. The lowest BCUT2D eigenvalue weighted by Crippen LogP contribution is -2.21. The van der Waals surface area contributed by atoms with Crippen LogP contribution in [0, 0.1) is 0 Å². The maximum atomic E-state index is 12.2. The number of benzene rings is 2. The average Bonchev–Trinajstić information content (AvgIpc) is 2.51. The number of nitrogens with two attached hydrogens (primary N) is 2. The molecule has 8 nitrogen and oxygen atoms in total. The lowest BCUT2D eigenvalue weighted by molar-refractivity contribution is 0.194. The Bertz CT molecular complexity index is 803. The maximum Gasteiger partial charge on any atom is 0.156 e. The van der Waals surface area contributed by atoms with Gasteiger partial charge in [-0.3, -0.25) is 0 Å². The van der Waals surface area contributed by atoms with Gasteiger partial charge in [0.1, 0.15) is 11.5 Å². The fraction of sp³-hybridized carbons (Fsp3) is 0.250. The van der Waals surface area contributed by atoms with Gasteiger partial charge in [0.2, 0.25) is 0 Å². The predicted molar refractivity (Wildman–Crippen MR) is 93.6 cm³/mol. The summed E-state index contributed by atoms with van der Waals surface area (Å²) >= 11 is 0. The van der Waals surface area contributed by atoms with Crippen LogP contribution >= 0.6 is 0 Å². The van der Waals surface area contributed by atoms with Crippen molar-refractivity contribution < 1.29 is 28.8 Å². The minimum Gasteiger partial charge on any atom is -0.506 e. The fourth-order valence-electron chi connectivity index (χ4n) is 2.30. The Kier molecular flexibility index (Phi) is 5.41. The molecule has 0 bridgehead atoms. The van der Waals surface area contributed by atoms with Crippen LogP contribution in [0.3, 0.4) is 0 Å². The zero-order valence-corrected chi connectivity index (χ0v) is 14.0. The average molecular weight is 368 g/mol. The molecule has 9 heteroatoms. The monoisotopic (exact) mass is 368 g/mol. The first-order valence-electron chi connectivity index (χ1n) is 7.32. The Balaban J connectivity index is 2.09. The third-order valence-electron chi connectivity index (χ3n) is 3.70. The van der Waals surface area contributed by atoms with E-state index >= 15 is 0 Å². The highest BCUT2D eigenvalue weighted by atomic mass is 32.2. The number of phenolic OH excluding ortho intramolecular Hbond substituents is 2. The van der Waals surface area contributed by atoms with Crippen molar-refractivity contribution in [3.05, 3.63) is 47.5 Å². The molecule has 0 saturated carbocycles. The van der Waals surface area contributed by atoms with Gasteiger partial charge in [-0.2, -0.15) is 0 Å². The van der Waals surface area contributed by atoms with Crippen LogP contribution < -0.4 is 11.5 Å². The van der Waals surface area contributed by atoms with Crippen molar-refractivity contribution in [2.24, 2.45) is 0 Å². The Hall–Kier alpha value is -2.49. The number of phenols is 2. The SMILES string of the molecule is Nc1cc(C(O)CS(=O)(=O)CC(O)c2ccc(O)c(N)c2)ccc1O. The molecule has 0 spiro atoms. The van der Waals surface area contributed by atoms with E-state index in [2.05, 4.69) is 0 Å². The van der Waals surface area contributed by atoms with Gasteiger partial charge in [0.05, 0.1) is 35.1 Å². The number of nitrogen functional groups attached to an aromatic ring is 2. The predicted octanol–water partition coefficient (Wildman–Crippen LogP) is 0.444. The molecule has 0 aliphatic rings. The van der Waals surface area contributed by atoms with Crippen LogP contribution in [0.2, 0.25) is 0 Å². The van der Waals surface area contributed by atoms with E-state index < -0.39 is 33.6 Å². The molecule has 2 rings (SSSR count). The molecule has 0 radical (unpaired) electrons. The van der Waals surface area contributed by atoms with Gasteiger partial charge >= 0.3 is 0 Å². The quantitative estimate of drug-likeness (QED) is 0.315. The zero-order chi connectivity index (χ0) is 18.8. The number of aromatic hydroxyl groups is 2. The Morgan fingerprint density at radius 2 is 1.16 bits per heavy atom. The van der Waals surface area contributed by atoms with Crippen molar-refractivity contribution in [2.75, 3.05) is 23.0 Å². The summed E-state index contributed by atoms with van der Waals surface area (Å²) < 4.78 is 24.4. The summed E-state index contributed by atoms with van der Waals surface area (Å²) in [6, 6.07) is 7.81. The Morgan fingerprint density at radius 1 is 0.800 bits per heavy atom. The van der Waals surface area contributed by atoms with E-state index in [-0.39, 0.29) is 34.0 Å². The normalized spacial score (nSPS) is 14.2. The Labute approximate surface area is 144 Å². The van der Waals surface area contributed by atoms with E-state index in [9.17, 15) is 28.8 Å². The van der Waals surface area contributed by atoms with Crippen LogP contribution in [-0.2, 0) is 9.84 Å². The van der Waals surface area contributed by atoms with Gasteiger partial charge in [-0.15, -0.1) is 0 Å². The zero-order valence-electron chi connectivity index (χ0n) is 13.2. The van der Waals surface area contributed by atoms with Gasteiger partial charge in [-0.25, -0.2) is 8.42 Å². The lowest BCUT2D eigenvalue weighted by Gasteiger charge is -2.16. The highest BCUT2D eigenvalue weighted by Gasteiger charge is 2.24. The number of sulfone groups is 1. The summed E-state index contributed by atoms with van der Waals surface area (Å²) in [6.07, 6.45) is -2.71. The van der Waals surface area contributed by atoms with Crippen molar-refractivity contribution in [1.29, 1.82) is 0 Å². The first-order valence-corrected chi connectivity index (χ1v) is 9.14. The van der Waals surface area contributed by atoms with Crippen LogP contribution in [0.15, 0.2) is 36.4 Å². The van der Waals surface area contributed by atoms with Crippen LogP contribution in [0.5, 0.6) is 11.5 Å². The molecule has 2 aromatic carbocycles. The third kappa shape index (κ3) is 4.75. The van der Waals surface area contributed by atoms with Crippen molar-refractivity contribution in [1.82, 2.24) is 0 Å². The molecular weight excluding hydrogens is 348 g/mol. The topological polar surface area (TPSA) is 167 Å². The summed E-state index contributed by atoms with van der Waals surface area (Å²) in [4.78, 5) is 0. The summed E-state index contributed by atoms with van der Waals surface area (Å²) in [7, 11) is -3.83. The second-order valence-electron chi connectivity index (χ2n) is 5.75. The van der Waals surface area contributed by atoms with Crippen molar-refractivity contribution in [2.45, 2.75) is 12.2 Å². The highest BCUT2D eigenvalue weighted by molar-refractivity contribution is 7.91. The largest absolute Gasteiger partial charge is 0.506 e. The van der Waals surface area contributed by atoms with Crippen LogP contribution in [0.1, 0.15) is 23.3 Å². The van der Waals surface area contributed by atoms with E-state index in [1.54, 1.807) is 0 Å². The van der Waals surface area contributed by atoms with Crippen LogP contribution in [0.4, 0.5) is 11.4 Å². The molecule has 25 heavy (non-hydrogen) atoms.